The normalized spacial score (nSPS) is 15.1. The maximum absolute atomic E-state index is 13.1. The van der Waals surface area contributed by atoms with Gasteiger partial charge in [-0.05, 0) is 12.1 Å². The summed E-state index contributed by atoms with van der Waals surface area (Å²) in [6, 6.07) is 2.91. The molecule has 1 aromatic carbocycles. The Balaban J connectivity index is 3.42. The highest BCUT2D eigenvalue weighted by Gasteiger charge is 2.11. The third-order valence-corrected chi connectivity index (χ3v) is 3.49. The number of halogens is 2. The Morgan fingerprint density at radius 3 is 2.46 bits per heavy atom. The molecule has 0 fully saturated rings. The van der Waals surface area contributed by atoms with Gasteiger partial charge in [-0.3, -0.25) is 0 Å². The first kappa shape index (κ1) is 10.1. The van der Waals surface area contributed by atoms with Crippen molar-refractivity contribution in [2.24, 2.45) is 4.36 Å². The molecule has 0 saturated carbocycles. The van der Waals surface area contributed by atoms with E-state index in [0.717, 1.165) is 12.1 Å². The van der Waals surface area contributed by atoms with Crippen LogP contribution in [0.1, 0.15) is 0 Å². The third-order valence-electron chi connectivity index (χ3n) is 1.65. The van der Waals surface area contributed by atoms with Gasteiger partial charge in [-0.1, -0.05) is 0 Å². The third kappa shape index (κ3) is 2.03. The first-order valence-corrected chi connectivity index (χ1v) is 5.45. The lowest BCUT2D eigenvalue weighted by atomic mass is 10.3. The molecular formula is C8H9F2NOS. The molecule has 2 nitrogen and oxygen atoms in total. The van der Waals surface area contributed by atoms with Crippen LogP contribution in [0.3, 0.4) is 0 Å². The predicted octanol–water partition coefficient (Wildman–Crippen LogP) is 2.05. The van der Waals surface area contributed by atoms with E-state index < -0.39 is 21.4 Å². The average Bonchev–Trinajstić information content (AvgIpc) is 2.03. The largest absolute Gasteiger partial charge is 0.245 e. The van der Waals surface area contributed by atoms with E-state index in [2.05, 4.69) is 4.36 Å². The van der Waals surface area contributed by atoms with Gasteiger partial charge in [0.1, 0.15) is 11.6 Å². The van der Waals surface area contributed by atoms with Crippen LogP contribution in [-0.4, -0.2) is 17.5 Å². The molecule has 13 heavy (non-hydrogen) atoms. The first-order valence-electron chi connectivity index (χ1n) is 3.52. The van der Waals surface area contributed by atoms with Crippen LogP contribution in [0, 0.1) is 11.6 Å². The molecule has 0 saturated heterocycles. The smallest absolute Gasteiger partial charge is 0.143 e. The van der Waals surface area contributed by atoms with Gasteiger partial charge < -0.3 is 0 Å². The molecule has 5 heteroatoms. The monoisotopic (exact) mass is 205 g/mol. The minimum Gasteiger partial charge on any atom is -0.245 e. The van der Waals surface area contributed by atoms with Crippen LogP contribution in [0.2, 0.25) is 0 Å². The molecule has 0 aromatic heterocycles. The van der Waals surface area contributed by atoms with Crippen molar-refractivity contribution in [1.82, 2.24) is 0 Å². The van der Waals surface area contributed by atoms with Gasteiger partial charge in [0.05, 0.1) is 14.6 Å². The van der Waals surface area contributed by atoms with Crippen LogP contribution < -0.4 is 0 Å². The number of hydrogen-bond donors (Lipinski definition) is 0. The second-order valence-electron chi connectivity index (χ2n) is 2.56. The van der Waals surface area contributed by atoms with E-state index in [-0.39, 0.29) is 4.90 Å². The zero-order valence-corrected chi connectivity index (χ0v) is 8.07. The molecule has 0 amide bonds. The summed E-state index contributed by atoms with van der Waals surface area (Å²) in [7, 11) is -1.37. The minimum atomic E-state index is -2.71. The Morgan fingerprint density at radius 2 is 2.00 bits per heavy atom. The van der Waals surface area contributed by atoms with Gasteiger partial charge in [0.15, 0.2) is 0 Å². The van der Waals surface area contributed by atoms with Crippen LogP contribution in [0.25, 0.3) is 0 Å². The predicted molar refractivity (Wildman–Crippen MR) is 47.0 cm³/mol. The first-order chi connectivity index (χ1) is 5.97. The fourth-order valence-electron chi connectivity index (χ4n) is 0.881. The van der Waals surface area contributed by atoms with Crippen LogP contribution in [0.5, 0.6) is 0 Å². The average molecular weight is 205 g/mol. The molecule has 0 bridgehead atoms. The summed E-state index contributed by atoms with van der Waals surface area (Å²) in [5.74, 6) is -1.51. The van der Waals surface area contributed by atoms with Gasteiger partial charge in [-0.25, -0.2) is 17.4 Å². The van der Waals surface area contributed by atoms with Crippen LogP contribution in [0.4, 0.5) is 8.78 Å². The molecule has 0 aliphatic carbocycles. The summed E-state index contributed by atoms with van der Waals surface area (Å²) >= 11 is 0. The van der Waals surface area contributed by atoms with Gasteiger partial charge in [-0.15, -0.1) is 0 Å². The number of hydrogen-bond acceptors (Lipinski definition) is 2. The van der Waals surface area contributed by atoms with Gasteiger partial charge in [0.2, 0.25) is 0 Å². The zero-order valence-electron chi connectivity index (χ0n) is 7.25. The summed E-state index contributed by atoms with van der Waals surface area (Å²) in [5.41, 5.74) is 0. The van der Waals surface area contributed by atoms with E-state index in [9.17, 15) is 13.0 Å². The molecule has 0 unspecified atom stereocenters. The molecule has 72 valence electrons. The number of nitrogens with zero attached hydrogens (tertiary/aromatic N) is 1. The molecule has 0 spiro atoms. The fraction of sp³-hybridized carbons (Fsp3) is 0.250. The Morgan fingerprint density at radius 1 is 1.38 bits per heavy atom. The van der Waals surface area contributed by atoms with E-state index in [0.29, 0.717) is 6.07 Å². The van der Waals surface area contributed by atoms with E-state index in [1.165, 1.54) is 13.3 Å². The Hall–Kier alpha value is -0.970. The molecule has 0 aliphatic heterocycles. The quantitative estimate of drug-likeness (QED) is 0.690. The topological polar surface area (TPSA) is 29.4 Å². The number of benzene rings is 1. The maximum atomic E-state index is 13.1. The molecule has 1 rings (SSSR count). The molecule has 0 N–H and O–H groups in total. The Labute approximate surface area is 75.8 Å². The van der Waals surface area contributed by atoms with Crippen LogP contribution in [0.15, 0.2) is 27.5 Å². The van der Waals surface area contributed by atoms with Gasteiger partial charge >= 0.3 is 0 Å². The van der Waals surface area contributed by atoms with Crippen molar-refractivity contribution in [3.05, 3.63) is 29.8 Å². The fourth-order valence-corrected chi connectivity index (χ4v) is 1.82. The van der Waals surface area contributed by atoms with Crippen molar-refractivity contribution in [3.63, 3.8) is 0 Å². The molecule has 0 heterocycles. The highest BCUT2D eigenvalue weighted by Crippen LogP contribution is 2.16. The summed E-state index contributed by atoms with van der Waals surface area (Å²) in [6.45, 7) is 0. The lowest BCUT2D eigenvalue weighted by Gasteiger charge is -2.03. The molecular weight excluding hydrogens is 196 g/mol. The van der Waals surface area contributed by atoms with E-state index >= 15 is 0 Å². The molecule has 1 atom stereocenters. The summed E-state index contributed by atoms with van der Waals surface area (Å²) in [4.78, 5) is -0.0589. The maximum Gasteiger partial charge on any atom is 0.143 e. The number of rotatable bonds is 1. The lowest BCUT2D eigenvalue weighted by Crippen LogP contribution is -2.00. The molecule has 0 radical (unpaired) electrons. The van der Waals surface area contributed by atoms with Gasteiger partial charge in [0, 0.05) is 19.4 Å². The van der Waals surface area contributed by atoms with Crippen LogP contribution in [-0.2, 0) is 9.73 Å². The standard InChI is InChI=1S/C8H9F2NOS/c1-11-13(2,12)8-4-3-6(9)5-7(8)10/h3-5H,1-2H3/t13-/m0/s1. The van der Waals surface area contributed by atoms with Crippen molar-refractivity contribution in [2.45, 2.75) is 4.90 Å². The molecule has 1 aromatic rings. The van der Waals surface area contributed by atoms with Gasteiger partial charge in [-0.2, -0.15) is 0 Å². The highest BCUT2D eigenvalue weighted by atomic mass is 32.2. The Bertz CT molecular complexity index is 436. The second-order valence-corrected chi connectivity index (χ2v) is 4.97. The van der Waals surface area contributed by atoms with Crippen molar-refractivity contribution in [3.8, 4) is 0 Å². The van der Waals surface area contributed by atoms with E-state index in [1.54, 1.807) is 0 Å². The SMILES string of the molecule is CN=[S@@](C)(=O)c1ccc(F)cc1F. The summed E-state index contributed by atoms with van der Waals surface area (Å²) < 4.78 is 40.6. The minimum absolute atomic E-state index is 0.0589. The van der Waals surface area contributed by atoms with Crippen LogP contribution >= 0.6 is 0 Å². The highest BCUT2D eigenvalue weighted by molar-refractivity contribution is 7.93. The lowest BCUT2D eigenvalue weighted by molar-refractivity contribution is 0.562. The van der Waals surface area contributed by atoms with Crippen molar-refractivity contribution >= 4 is 9.73 Å². The summed E-state index contributed by atoms with van der Waals surface area (Å²) in [6.07, 6.45) is 1.31. The zero-order chi connectivity index (χ0) is 10.1. The second kappa shape index (κ2) is 3.41. The Kier molecular flexibility index (Phi) is 2.66. The molecule has 0 aliphatic rings. The van der Waals surface area contributed by atoms with E-state index in [4.69, 9.17) is 0 Å². The van der Waals surface area contributed by atoms with Crippen molar-refractivity contribution in [2.75, 3.05) is 13.3 Å². The van der Waals surface area contributed by atoms with E-state index in [1.807, 2.05) is 0 Å². The van der Waals surface area contributed by atoms with Gasteiger partial charge in [0.25, 0.3) is 0 Å². The van der Waals surface area contributed by atoms with Crippen molar-refractivity contribution < 1.29 is 13.0 Å². The summed E-state index contributed by atoms with van der Waals surface area (Å²) in [5, 5.41) is 0. The van der Waals surface area contributed by atoms with Crippen molar-refractivity contribution in [1.29, 1.82) is 0 Å².